The Morgan fingerprint density at radius 2 is 2.16 bits per heavy atom. The monoisotopic (exact) mass is 354 g/mol. The van der Waals surface area contributed by atoms with Gasteiger partial charge in [0.05, 0.1) is 11.6 Å². The minimum absolute atomic E-state index is 0.0455. The molecule has 1 fully saturated rings. The van der Waals surface area contributed by atoms with Crippen LogP contribution in [0, 0.1) is 0 Å². The third-order valence-corrected chi connectivity index (χ3v) is 4.99. The Labute approximate surface area is 149 Å². The SMILES string of the molecule is NC(=O)C1CCC(CNc2nc(-c3ccsc3)nc3ccccc23)O1. The molecule has 4 rings (SSSR count). The van der Waals surface area contributed by atoms with E-state index in [0.29, 0.717) is 18.8 Å². The molecular weight excluding hydrogens is 336 g/mol. The molecule has 2 aromatic heterocycles. The lowest BCUT2D eigenvalue weighted by molar-refractivity contribution is -0.128. The maximum Gasteiger partial charge on any atom is 0.246 e. The van der Waals surface area contributed by atoms with Crippen LogP contribution in [0.25, 0.3) is 22.3 Å². The third-order valence-electron chi connectivity index (χ3n) is 4.30. The second kappa shape index (κ2) is 6.78. The first-order chi connectivity index (χ1) is 12.2. The van der Waals surface area contributed by atoms with Gasteiger partial charge in [-0.15, -0.1) is 0 Å². The predicted molar refractivity (Wildman–Crippen MR) is 98.4 cm³/mol. The Kier molecular flexibility index (Phi) is 4.33. The first-order valence-electron chi connectivity index (χ1n) is 8.19. The zero-order valence-electron chi connectivity index (χ0n) is 13.5. The highest BCUT2D eigenvalue weighted by Crippen LogP contribution is 2.27. The van der Waals surface area contributed by atoms with E-state index in [9.17, 15) is 4.79 Å². The highest BCUT2D eigenvalue weighted by atomic mass is 32.1. The third kappa shape index (κ3) is 3.33. The number of anilines is 1. The van der Waals surface area contributed by atoms with E-state index in [1.54, 1.807) is 11.3 Å². The number of nitrogens with zero attached hydrogens (tertiary/aromatic N) is 2. The number of amides is 1. The topological polar surface area (TPSA) is 90.1 Å². The number of hydrogen-bond acceptors (Lipinski definition) is 6. The molecule has 2 atom stereocenters. The van der Waals surface area contributed by atoms with E-state index in [-0.39, 0.29) is 6.10 Å². The van der Waals surface area contributed by atoms with Gasteiger partial charge >= 0.3 is 0 Å². The van der Waals surface area contributed by atoms with Crippen molar-refractivity contribution in [2.24, 2.45) is 5.73 Å². The lowest BCUT2D eigenvalue weighted by Gasteiger charge is -2.15. The van der Waals surface area contributed by atoms with Crippen LogP contribution in [0.4, 0.5) is 5.82 Å². The fraction of sp³-hybridized carbons (Fsp3) is 0.278. The fourth-order valence-electron chi connectivity index (χ4n) is 3.01. The maximum absolute atomic E-state index is 11.2. The first-order valence-corrected chi connectivity index (χ1v) is 9.13. The number of benzene rings is 1. The van der Waals surface area contributed by atoms with Gasteiger partial charge in [0.15, 0.2) is 5.82 Å². The summed E-state index contributed by atoms with van der Waals surface area (Å²) in [6, 6.07) is 9.92. The van der Waals surface area contributed by atoms with Gasteiger partial charge in [0.2, 0.25) is 5.91 Å². The molecule has 1 aliphatic heterocycles. The quantitative estimate of drug-likeness (QED) is 0.735. The number of hydrogen-bond donors (Lipinski definition) is 2. The van der Waals surface area contributed by atoms with E-state index < -0.39 is 12.0 Å². The average Bonchev–Trinajstić information content (AvgIpc) is 3.31. The van der Waals surface area contributed by atoms with Gasteiger partial charge in [0.1, 0.15) is 11.9 Å². The molecule has 1 aromatic carbocycles. The number of carbonyl (C=O) groups is 1. The molecule has 0 bridgehead atoms. The molecule has 0 saturated carbocycles. The number of para-hydroxylation sites is 1. The highest BCUT2D eigenvalue weighted by molar-refractivity contribution is 7.08. The minimum Gasteiger partial charge on any atom is -0.367 e. The van der Waals surface area contributed by atoms with Crippen LogP contribution in [-0.4, -0.2) is 34.6 Å². The van der Waals surface area contributed by atoms with Crippen LogP contribution in [0.2, 0.25) is 0 Å². The van der Waals surface area contributed by atoms with E-state index in [4.69, 9.17) is 15.5 Å². The van der Waals surface area contributed by atoms with Crippen molar-refractivity contribution < 1.29 is 9.53 Å². The Balaban J connectivity index is 1.59. The summed E-state index contributed by atoms with van der Waals surface area (Å²) in [5, 5.41) is 8.37. The van der Waals surface area contributed by atoms with Gasteiger partial charge < -0.3 is 15.8 Å². The number of carbonyl (C=O) groups excluding carboxylic acids is 1. The summed E-state index contributed by atoms with van der Waals surface area (Å²) < 4.78 is 5.68. The van der Waals surface area contributed by atoms with Crippen LogP contribution in [0.15, 0.2) is 41.1 Å². The van der Waals surface area contributed by atoms with E-state index >= 15 is 0 Å². The fourth-order valence-corrected chi connectivity index (χ4v) is 3.64. The molecule has 3 heterocycles. The van der Waals surface area contributed by atoms with Crippen LogP contribution < -0.4 is 11.1 Å². The normalized spacial score (nSPS) is 20.0. The molecule has 0 aliphatic carbocycles. The zero-order valence-corrected chi connectivity index (χ0v) is 14.3. The molecule has 25 heavy (non-hydrogen) atoms. The van der Waals surface area contributed by atoms with Gasteiger partial charge in [-0.1, -0.05) is 12.1 Å². The van der Waals surface area contributed by atoms with E-state index in [0.717, 1.165) is 28.7 Å². The maximum atomic E-state index is 11.2. The standard InChI is InChI=1S/C18H18N4O2S/c19-16(23)15-6-5-12(24-15)9-20-18-13-3-1-2-4-14(13)21-17(22-18)11-7-8-25-10-11/h1-4,7-8,10,12,15H,5-6,9H2,(H2,19,23)(H,20,21,22). The first kappa shape index (κ1) is 16.0. The van der Waals surface area contributed by atoms with Gasteiger partial charge in [-0.05, 0) is 36.4 Å². The van der Waals surface area contributed by atoms with E-state index in [1.165, 1.54) is 0 Å². The van der Waals surface area contributed by atoms with Gasteiger partial charge in [-0.2, -0.15) is 11.3 Å². The smallest absolute Gasteiger partial charge is 0.246 e. The van der Waals surface area contributed by atoms with Crippen LogP contribution in [0.5, 0.6) is 0 Å². The average molecular weight is 354 g/mol. The molecule has 0 radical (unpaired) electrons. The van der Waals surface area contributed by atoms with Crippen molar-refractivity contribution >= 4 is 34.0 Å². The van der Waals surface area contributed by atoms with Crippen molar-refractivity contribution in [3.63, 3.8) is 0 Å². The molecule has 2 unspecified atom stereocenters. The summed E-state index contributed by atoms with van der Waals surface area (Å²) in [5.41, 5.74) is 7.21. The molecule has 0 spiro atoms. The van der Waals surface area contributed by atoms with Crippen molar-refractivity contribution in [3.05, 3.63) is 41.1 Å². The van der Waals surface area contributed by atoms with Crippen LogP contribution in [0.1, 0.15) is 12.8 Å². The molecule has 1 amide bonds. The second-order valence-corrected chi connectivity index (χ2v) is 6.81. The summed E-state index contributed by atoms with van der Waals surface area (Å²) >= 11 is 1.62. The Morgan fingerprint density at radius 3 is 2.92 bits per heavy atom. The van der Waals surface area contributed by atoms with Crippen molar-refractivity contribution in [2.45, 2.75) is 25.0 Å². The summed E-state index contributed by atoms with van der Waals surface area (Å²) in [6.07, 6.45) is 0.957. The lowest BCUT2D eigenvalue weighted by atomic mass is 10.2. The van der Waals surface area contributed by atoms with Crippen LogP contribution >= 0.6 is 11.3 Å². The number of primary amides is 1. The Bertz CT molecular complexity index is 897. The van der Waals surface area contributed by atoms with Crippen molar-refractivity contribution in [1.82, 2.24) is 9.97 Å². The highest BCUT2D eigenvalue weighted by Gasteiger charge is 2.29. The number of thiophene rings is 1. The van der Waals surface area contributed by atoms with E-state index in [2.05, 4.69) is 10.3 Å². The van der Waals surface area contributed by atoms with Gasteiger partial charge in [0, 0.05) is 22.9 Å². The molecule has 1 saturated heterocycles. The Morgan fingerprint density at radius 1 is 1.28 bits per heavy atom. The molecule has 3 N–H and O–H groups in total. The number of fused-ring (bicyclic) bond motifs is 1. The number of nitrogens with two attached hydrogens (primary N) is 1. The van der Waals surface area contributed by atoms with Crippen LogP contribution in [0.3, 0.4) is 0 Å². The summed E-state index contributed by atoms with van der Waals surface area (Å²) in [4.78, 5) is 20.6. The Hall–Kier alpha value is -2.51. The number of aromatic nitrogens is 2. The largest absolute Gasteiger partial charge is 0.367 e. The van der Waals surface area contributed by atoms with Crippen molar-refractivity contribution in [1.29, 1.82) is 0 Å². The minimum atomic E-state index is -0.477. The van der Waals surface area contributed by atoms with Gasteiger partial charge in [-0.25, -0.2) is 9.97 Å². The summed E-state index contributed by atoms with van der Waals surface area (Å²) in [7, 11) is 0. The van der Waals surface area contributed by atoms with Gasteiger partial charge in [0.25, 0.3) is 0 Å². The lowest BCUT2D eigenvalue weighted by Crippen LogP contribution is -2.30. The van der Waals surface area contributed by atoms with E-state index in [1.807, 2.05) is 41.1 Å². The van der Waals surface area contributed by atoms with Crippen molar-refractivity contribution in [3.8, 4) is 11.4 Å². The molecule has 3 aromatic rings. The summed E-state index contributed by atoms with van der Waals surface area (Å²) in [6.45, 7) is 0.577. The molecule has 7 heteroatoms. The number of ether oxygens (including phenoxy) is 1. The number of rotatable bonds is 5. The molecule has 1 aliphatic rings. The molecular formula is C18H18N4O2S. The van der Waals surface area contributed by atoms with Crippen molar-refractivity contribution in [2.75, 3.05) is 11.9 Å². The zero-order chi connectivity index (χ0) is 17.2. The molecule has 6 nitrogen and oxygen atoms in total. The molecule has 128 valence electrons. The van der Waals surface area contributed by atoms with Crippen LogP contribution in [-0.2, 0) is 9.53 Å². The number of nitrogens with one attached hydrogen (secondary N) is 1. The summed E-state index contributed by atoms with van der Waals surface area (Å²) in [5.74, 6) is 1.08. The van der Waals surface area contributed by atoms with Gasteiger partial charge in [-0.3, -0.25) is 4.79 Å². The predicted octanol–water partition coefficient (Wildman–Crippen LogP) is 2.80. The second-order valence-electron chi connectivity index (χ2n) is 6.03.